The Morgan fingerprint density at radius 2 is 2.05 bits per heavy atom. The van der Waals surface area contributed by atoms with Gasteiger partial charge in [0, 0.05) is 31.2 Å². The van der Waals surface area contributed by atoms with Gasteiger partial charge >= 0.3 is 0 Å². The van der Waals surface area contributed by atoms with Crippen molar-refractivity contribution in [1.29, 1.82) is 0 Å². The first kappa shape index (κ1) is 13.7. The maximum atomic E-state index is 9.61. The maximum absolute atomic E-state index is 9.61. The molecule has 1 saturated heterocycles. The smallest absolute Gasteiger partial charge is 0.256 e. The molecule has 2 aliphatic rings. The molecule has 1 aromatic rings. The molecule has 1 aliphatic carbocycles. The molecule has 0 bridgehead atoms. The third-order valence-electron chi connectivity index (χ3n) is 4.89. The van der Waals surface area contributed by atoms with Gasteiger partial charge in [0.1, 0.15) is 0 Å². The highest BCUT2D eigenvalue weighted by molar-refractivity contribution is 5.34. The van der Waals surface area contributed by atoms with E-state index in [0.717, 1.165) is 24.1 Å². The number of likely N-dealkylation sites (tertiary alicyclic amines) is 1. The van der Waals surface area contributed by atoms with Gasteiger partial charge in [-0.2, -0.15) is 0 Å². The van der Waals surface area contributed by atoms with Crippen LogP contribution in [0.5, 0.6) is 11.6 Å². The summed E-state index contributed by atoms with van der Waals surface area (Å²) in [6, 6.07) is 3.58. The Bertz CT molecular complexity index is 466. The molecule has 20 heavy (non-hydrogen) atoms. The molecule has 1 aliphatic heterocycles. The van der Waals surface area contributed by atoms with Crippen molar-refractivity contribution in [3.63, 3.8) is 0 Å². The van der Waals surface area contributed by atoms with E-state index in [1.807, 2.05) is 6.07 Å². The van der Waals surface area contributed by atoms with Gasteiger partial charge in [-0.15, -0.1) is 0 Å². The SMILES string of the molecule is COc1nc(C(C)CN2CC3CCC[C@@H]3C2)ccc1O. The van der Waals surface area contributed by atoms with Gasteiger partial charge < -0.3 is 14.7 Å². The Morgan fingerprint density at radius 1 is 1.35 bits per heavy atom. The largest absolute Gasteiger partial charge is 0.503 e. The van der Waals surface area contributed by atoms with Crippen LogP contribution in [0.15, 0.2) is 12.1 Å². The van der Waals surface area contributed by atoms with Crippen molar-refractivity contribution < 1.29 is 9.84 Å². The minimum absolute atomic E-state index is 0.110. The van der Waals surface area contributed by atoms with E-state index in [-0.39, 0.29) is 5.75 Å². The molecule has 4 heteroatoms. The molecule has 2 unspecified atom stereocenters. The summed E-state index contributed by atoms with van der Waals surface area (Å²) in [6.45, 7) is 5.76. The third-order valence-corrected chi connectivity index (χ3v) is 4.89. The van der Waals surface area contributed by atoms with Gasteiger partial charge in [-0.1, -0.05) is 13.3 Å². The number of aromatic hydroxyl groups is 1. The number of ether oxygens (including phenoxy) is 1. The first-order valence-corrected chi connectivity index (χ1v) is 7.63. The maximum Gasteiger partial charge on any atom is 0.256 e. The van der Waals surface area contributed by atoms with Crippen LogP contribution in [-0.4, -0.2) is 41.7 Å². The van der Waals surface area contributed by atoms with Crippen molar-refractivity contribution in [2.75, 3.05) is 26.7 Å². The van der Waals surface area contributed by atoms with Crippen LogP contribution < -0.4 is 4.74 Å². The molecule has 3 rings (SSSR count). The molecule has 2 heterocycles. The van der Waals surface area contributed by atoms with Crippen molar-refractivity contribution >= 4 is 0 Å². The Morgan fingerprint density at radius 3 is 2.70 bits per heavy atom. The Labute approximate surface area is 120 Å². The lowest BCUT2D eigenvalue weighted by atomic mass is 10.0. The minimum Gasteiger partial charge on any atom is -0.503 e. The quantitative estimate of drug-likeness (QED) is 0.918. The van der Waals surface area contributed by atoms with Crippen LogP contribution in [0.4, 0.5) is 0 Å². The summed E-state index contributed by atoms with van der Waals surface area (Å²) in [4.78, 5) is 6.99. The second-order valence-corrected chi connectivity index (χ2v) is 6.34. The highest BCUT2D eigenvalue weighted by Crippen LogP contribution is 2.38. The van der Waals surface area contributed by atoms with Crippen LogP contribution in [0.2, 0.25) is 0 Å². The molecule has 110 valence electrons. The first-order chi connectivity index (χ1) is 9.67. The number of fused-ring (bicyclic) bond motifs is 1. The summed E-state index contributed by atoms with van der Waals surface area (Å²) in [5.41, 5.74) is 0.997. The standard InChI is InChI=1S/C16H24N2O2/c1-11(14-6-7-15(19)16(17-14)20-2)8-18-9-12-4-3-5-13(12)10-18/h6-7,11-13,19H,3-5,8-10H2,1-2H3/t11?,12-,13?/m1/s1. The molecule has 3 atom stereocenters. The van der Waals surface area contributed by atoms with Crippen LogP contribution >= 0.6 is 0 Å². The molecular formula is C16H24N2O2. The second kappa shape index (κ2) is 5.60. The number of hydrogen-bond acceptors (Lipinski definition) is 4. The predicted octanol–water partition coefficient (Wildman–Crippen LogP) is 2.63. The Balaban J connectivity index is 1.63. The fourth-order valence-electron chi connectivity index (χ4n) is 3.83. The number of pyridine rings is 1. The highest BCUT2D eigenvalue weighted by Gasteiger charge is 2.36. The van der Waals surface area contributed by atoms with E-state index in [0.29, 0.717) is 11.8 Å². The van der Waals surface area contributed by atoms with E-state index in [1.165, 1.54) is 39.5 Å². The number of methoxy groups -OCH3 is 1. The van der Waals surface area contributed by atoms with Crippen LogP contribution in [0.1, 0.15) is 37.8 Å². The zero-order chi connectivity index (χ0) is 14.1. The van der Waals surface area contributed by atoms with Crippen LogP contribution in [-0.2, 0) is 0 Å². The summed E-state index contributed by atoms with van der Waals surface area (Å²) >= 11 is 0. The van der Waals surface area contributed by atoms with E-state index in [2.05, 4.69) is 16.8 Å². The summed E-state index contributed by atoms with van der Waals surface area (Å²) in [6.07, 6.45) is 4.26. The van der Waals surface area contributed by atoms with Gasteiger partial charge in [-0.05, 0) is 36.8 Å². The van der Waals surface area contributed by atoms with E-state index >= 15 is 0 Å². The summed E-state index contributed by atoms with van der Waals surface area (Å²) in [7, 11) is 1.54. The Hall–Kier alpha value is -1.29. The average Bonchev–Trinajstić information content (AvgIpc) is 3.00. The molecule has 0 amide bonds. The van der Waals surface area contributed by atoms with Gasteiger partial charge in [0.15, 0.2) is 5.75 Å². The molecule has 1 aromatic heterocycles. The lowest BCUT2D eigenvalue weighted by molar-refractivity contribution is 0.292. The Kier molecular flexibility index (Phi) is 3.83. The minimum atomic E-state index is 0.110. The monoisotopic (exact) mass is 276 g/mol. The normalized spacial score (nSPS) is 27.5. The highest BCUT2D eigenvalue weighted by atomic mass is 16.5. The fourth-order valence-corrected chi connectivity index (χ4v) is 3.83. The molecule has 0 radical (unpaired) electrons. The fraction of sp³-hybridized carbons (Fsp3) is 0.688. The van der Waals surface area contributed by atoms with E-state index in [4.69, 9.17) is 4.74 Å². The van der Waals surface area contributed by atoms with Crippen molar-refractivity contribution in [1.82, 2.24) is 9.88 Å². The molecule has 4 nitrogen and oxygen atoms in total. The lowest BCUT2D eigenvalue weighted by Gasteiger charge is -2.21. The number of rotatable bonds is 4. The molecule has 1 saturated carbocycles. The number of aromatic nitrogens is 1. The van der Waals surface area contributed by atoms with Gasteiger partial charge in [-0.3, -0.25) is 0 Å². The second-order valence-electron chi connectivity index (χ2n) is 6.34. The van der Waals surface area contributed by atoms with Crippen molar-refractivity contribution in [3.05, 3.63) is 17.8 Å². The molecule has 0 spiro atoms. The van der Waals surface area contributed by atoms with E-state index < -0.39 is 0 Å². The third kappa shape index (κ3) is 2.62. The number of hydrogen-bond donors (Lipinski definition) is 1. The first-order valence-electron chi connectivity index (χ1n) is 7.63. The molecule has 2 fully saturated rings. The summed E-state index contributed by atoms with van der Waals surface area (Å²) < 4.78 is 5.09. The van der Waals surface area contributed by atoms with Gasteiger partial charge in [0.05, 0.1) is 7.11 Å². The molecule has 0 aromatic carbocycles. The average molecular weight is 276 g/mol. The van der Waals surface area contributed by atoms with Gasteiger partial charge in [-0.25, -0.2) is 4.98 Å². The van der Waals surface area contributed by atoms with Crippen LogP contribution in [0.3, 0.4) is 0 Å². The van der Waals surface area contributed by atoms with Gasteiger partial charge in [0.2, 0.25) is 0 Å². The van der Waals surface area contributed by atoms with Crippen molar-refractivity contribution in [3.8, 4) is 11.6 Å². The predicted molar refractivity (Wildman–Crippen MR) is 78.1 cm³/mol. The number of nitrogens with zero attached hydrogens (tertiary/aromatic N) is 2. The molecular weight excluding hydrogens is 252 g/mol. The lowest BCUT2D eigenvalue weighted by Crippen LogP contribution is -2.26. The van der Waals surface area contributed by atoms with Crippen LogP contribution in [0, 0.1) is 11.8 Å². The molecule has 1 N–H and O–H groups in total. The zero-order valence-corrected chi connectivity index (χ0v) is 12.4. The zero-order valence-electron chi connectivity index (χ0n) is 12.4. The topological polar surface area (TPSA) is 45.6 Å². The van der Waals surface area contributed by atoms with E-state index in [9.17, 15) is 5.11 Å². The summed E-state index contributed by atoms with van der Waals surface area (Å²) in [5.74, 6) is 2.67. The van der Waals surface area contributed by atoms with Gasteiger partial charge in [0.25, 0.3) is 5.88 Å². The summed E-state index contributed by atoms with van der Waals surface area (Å²) in [5, 5.41) is 9.61. The van der Waals surface area contributed by atoms with E-state index in [1.54, 1.807) is 6.07 Å². The van der Waals surface area contributed by atoms with Crippen molar-refractivity contribution in [2.24, 2.45) is 11.8 Å². The van der Waals surface area contributed by atoms with Crippen molar-refractivity contribution in [2.45, 2.75) is 32.1 Å². The van der Waals surface area contributed by atoms with Crippen LogP contribution in [0.25, 0.3) is 0 Å².